The van der Waals surface area contributed by atoms with Crippen LogP contribution in [0.2, 0.25) is 0 Å². The highest BCUT2D eigenvalue weighted by Gasteiger charge is 2.28. The van der Waals surface area contributed by atoms with Gasteiger partial charge in [0.1, 0.15) is 0 Å². The summed E-state index contributed by atoms with van der Waals surface area (Å²) in [7, 11) is 0. The van der Waals surface area contributed by atoms with E-state index in [0.29, 0.717) is 18.3 Å². The van der Waals surface area contributed by atoms with Crippen molar-refractivity contribution in [2.75, 3.05) is 0 Å². The van der Waals surface area contributed by atoms with E-state index in [9.17, 15) is 18.0 Å². The molecule has 1 saturated carbocycles. The molecular weight excluding hydrogens is 293 g/mol. The smallest absolute Gasteiger partial charge is 0.389 e. The molecule has 0 amide bonds. The third-order valence-corrected chi connectivity index (χ3v) is 4.55. The summed E-state index contributed by atoms with van der Waals surface area (Å²) in [6.07, 6.45) is 0.0433. The molecule has 22 heavy (non-hydrogen) atoms. The SMILES string of the molecule is O=C(O)c1ccc(C2CCC(CCCC(F)(F)F)CC2)cc1. The van der Waals surface area contributed by atoms with Crippen molar-refractivity contribution in [2.45, 2.75) is 57.0 Å². The molecule has 1 aromatic rings. The Morgan fingerprint density at radius 3 is 2.18 bits per heavy atom. The summed E-state index contributed by atoms with van der Waals surface area (Å²) >= 11 is 0. The van der Waals surface area contributed by atoms with Crippen LogP contribution in [0.3, 0.4) is 0 Å². The summed E-state index contributed by atoms with van der Waals surface area (Å²) in [4.78, 5) is 10.8. The average molecular weight is 314 g/mol. The first kappa shape index (κ1) is 16.8. The number of halogens is 3. The summed E-state index contributed by atoms with van der Waals surface area (Å²) in [6, 6.07) is 6.95. The number of carboxylic acids is 1. The first-order valence-corrected chi connectivity index (χ1v) is 7.75. The molecule has 1 fully saturated rings. The number of aromatic carboxylic acids is 1. The number of carbonyl (C=O) groups is 1. The molecule has 0 aliphatic heterocycles. The van der Waals surface area contributed by atoms with Crippen molar-refractivity contribution in [3.63, 3.8) is 0 Å². The lowest BCUT2D eigenvalue weighted by Gasteiger charge is -2.29. The van der Waals surface area contributed by atoms with Crippen molar-refractivity contribution >= 4 is 5.97 Å². The fourth-order valence-electron chi connectivity index (χ4n) is 3.27. The Bertz CT molecular complexity index is 486. The zero-order valence-corrected chi connectivity index (χ0v) is 12.4. The van der Waals surface area contributed by atoms with Gasteiger partial charge in [-0.25, -0.2) is 4.79 Å². The number of hydrogen-bond donors (Lipinski definition) is 1. The molecular formula is C17H21F3O2. The lowest BCUT2D eigenvalue weighted by Crippen LogP contribution is -2.15. The largest absolute Gasteiger partial charge is 0.478 e. The normalized spacial score (nSPS) is 22.5. The van der Waals surface area contributed by atoms with E-state index in [-0.39, 0.29) is 12.0 Å². The number of hydrogen-bond acceptors (Lipinski definition) is 1. The van der Waals surface area contributed by atoms with Gasteiger partial charge in [0.25, 0.3) is 0 Å². The molecule has 5 heteroatoms. The van der Waals surface area contributed by atoms with Gasteiger partial charge in [-0.2, -0.15) is 13.2 Å². The second-order valence-electron chi connectivity index (χ2n) is 6.15. The van der Waals surface area contributed by atoms with E-state index in [4.69, 9.17) is 5.11 Å². The van der Waals surface area contributed by atoms with Gasteiger partial charge in [-0.3, -0.25) is 0 Å². The highest BCUT2D eigenvalue weighted by molar-refractivity contribution is 5.87. The van der Waals surface area contributed by atoms with Crippen molar-refractivity contribution < 1.29 is 23.1 Å². The van der Waals surface area contributed by atoms with Crippen LogP contribution in [-0.4, -0.2) is 17.3 Å². The molecule has 0 spiro atoms. The van der Waals surface area contributed by atoms with Gasteiger partial charge in [0.05, 0.1) is 5.56 Å². The predicted octanol–water partition coefficient (Wildman–Crippen LogP) is 5.39. The molecule has 1 aliphatic rings. The van der Waals surface area contributed by atoms with Crippen molar-refractivity contribution in [3.05, 3.63) is 35.4 Å². The van der Waals surface area contributed by atoms with Gasteiger partial charge in [-0.1, -0.05) is 18.6 Å². The Morgan fingerprint density at radius 2 is 1.68 bits per heavy atom. The molecule has 1 aliphatic carbocycles. The fraction of sp³-hybridized carbons (Fsp3) is 0.588. The van der Waals surface area contributed by atoms with E-state index in [1.54, 1.807) is 12.1 Å². The van der Waals surface area contributed by atoms with Crippen molar-refractivity contribution in [1.29, 1.82) is 0 Å². The van der Waals surface area contributed by atoms with Crippen LogP contribution in [-0.2, 0) is 0 Å². The topological polar surface area (TPSA) is 37.3 Å². The van der Waals surface area contributed by atoms with Gasteiger partial charge in [0.15, 0.2) is 0 Å². The Balaban J connectivity index is 1.78. The number of rotatable bonds is 5. The molecule has 0 bridgehead atoms. The number of alkyl halides is 3. The molecule has 0 unspecified atom stereocenters. The van der Waals surface area contributed by atoms with E-state index < -0.39 is 18.6 Å². The summed E-state index contributed by atoms with van der Waals surface area (Å²) in [5.74, 6) is -0.126. The zero-order chi connectivity index (χ0) is 16.2. The molecule has 0 saturated heterocycles. The highest BCUT2D eigenvalue weighted by Crippen LogP contribution is 2.38. The first-order chi connectivity index (χ1) is 10.3. The van der Waals surface area contributed by atoms with Gasteiger partial charge in [0.2, 0.25) is 0 Å². The second-order valence-corrected chi connectivity index (χ2v) is 6.15. The molecule has 122 valence electrons. The van der Waals surface area contributed by atoms with Crippen molar-refractivity contribution in [2.24, 2.45) is 5.92 Å². The van der Waals surface area contributed by atoms with E-state index in [2.05, 4.69) is 0 Å². The van der Waals surface area contributed by atoms with E-state index in [1.807, 2.05) is 12.1 Å². The Hall–Kier alpha value is -1.52. The van der Waals surface area contributed by atoms with E-state index in [1.165, 1.54) is 0 Å². The maximum Gasteiger partial charge on any atom is 0.389 e. The molecule has 1 N–H and O–H groups in total. The van der Waals surface area contributed by atoms with Crippen LogP contribution in [0.5, 0.6) is 0 Å². The summed E-state index contributed by atoms with van der Waals surface area (Å²) in [6.45, 7) is 0. The van der Waals surface area contributed by atoms with E-state index >= 15 is 0 Å². The molecule has 1 aromatic carbocycles. The van der Waals surface area contributed by atoms with Crippen molar-refractivity contribution in [3.8, 4) is 0 Å². The zero-order valence-electron chi connectivity index (χ0n) is 12.4. The maximum atomic E-state index is 12.1. The minimum atomic E-state index is -4.04. The first-order valence-electron chi connectivity index (χ1n) is 7.75. The Morgan fingerprint density at radius 1 is 1.09 bits per heavy atom. The van der Waals surface area contributed by atoms with Crippen LogP contribution in [0.4, 0.5) is 13.2 Å². The fourth-order valence-corrected chi connectivity index (χ4v) is 3.27. The van der Waals surface area contributed by atoms with Crippen LogP contribution in [0.25, 0.3) is 0 Å². The molecule has 0 radical (unpaired) electrons. The minimum Gasteiger partial charge on any atom is -0.478 e. The molecule has 2 nitrogen and oxygen atoms in total. The number of carboxylic acid groups (broad SMARTS) is 1. The lowest BCUT2D eigenvalue weighted by molar-refractivity contribution is -0.136. The van der Waals surface area contributed by atoms with Crippen LogP contribution in [0.15, 0.2) is 24.3 Å². The monoisotopic (exact) mass is 314 g/mol. The quantitative estimate of drug-likeness (QED) is 0.791. The summed E-state index contributed by atoms with van der Waals surface area (Å²) in [5, 5.41) is 8.88. The highest BCUT2D eigenvalue weighted by atomic mass is 19.4. The summed E-state index contributed by atoms with van der Waals surface area (Å²) < 4.78 is 36.4. The molecule has 2 rings (SSSR count). The van der Waals surface area contributed by atoms with Crippen LogP contribution in [0, 0.1) is 5.92 Å². The lowest BCUT2D eigenvalue weighted by atomic mass is 9.77. The molecule has 0 atom stereocenters. The average Bonchev–Trinajstić information content (AvgIpc) is 2.47. The third-order valence-electron chi connectivity index (χ3n) is 4.55. The van der Waals surface area contributed by atoms with Gasteiger partial charge in [-0.15, -0.1) is 0 Å². The van der Waals surface area contributed by atoms with Gasteiger partial charge in [0, 0.05) is 6.42 Å². The molecule has 0 heterocycles. The van der Waals surface area contributed by atoms with Crippen LogP contribution < -0.4 is 0 Å². The summed E-state index contributed by atoms with van der Waals surface area (Å²) in [5.41, 5.74) is 1.42. The van der Waals surface area contributed by atoms with Crippen LogP contribution >= 0.6 is 0 Å². The van der Waals surface area contributed by atoms with Gasteiger partial charge < -0.3 is 5.11 Å². The standard InChI is InChI=1S/C17H21F3O2/c18-17(19,20)11-1-2-12-3-5-13(6-4-12)14-7-9-15(10-8-14)16(21)22/h7-10,12-13H,1-6,11H2,(H,21,22). The third kappa shape index (κ3) is 5.04. The van der Waals surface area contributed by atoms with Gasteiger partial charge >= 0.3 is 12.1 Å². The Kier molecular flexibility index (Phi) is 5.48. The van der Waals surface area contributed by atoms with Crippen molar-refractivity contribution in [1.82, 2.24) is 0 Å². The minimum absolute atomic E-state index is 0.228. The maximum absolute atomic E-state index is 12.1. The van der Waals surface area contributed by atoms with E-state index in [0.717, 1.165) is 31.2 Å². The predicted molar refractivity (Wildman–Crippen MR) is 78.0 cm³/mol. The van der Waals surface area contributed by atoms with Gasteiger partial charge in [-0.05, 0) is 61.6 Å². The second kappa shape index (κ2) is 7.16. The number of benzene rings is 1. The van der Waals surface area contributed by atoms with Crippen LogP contribution in [0.1, 0.15) is 66.8 Å². The molecule has 0 aromatic heterocycles. The Labute approximate surface area is 128 Å².